The first kappa shape index (κ1) is 23.9. The number of rotatable bonds is 3. The SMILES string of the molecule is CCC(C)C1C2CCC2C(C(C)C)CC2CCC3CC4C(C)CC(C5C6C(C)C65C41)C3(C)C21CC1C. The Kier molecular flexibility index (Phi) is 4.77. The third-order valence-corrected chi connectivity index (χ3v) is 17.2. The van der Waals surface area contributed by atoms with Crippen molar-refractivity contribution in [1.29, 1.82) is 0 Å². The van der Waals surface area contributed by atoms with Gasteiger partial charge in [-0.15, -0.1) is 0 Å². The van der Waals surface area contributed by atoms with Gasteiger partial charge in [0.05, 0.1) is 0 Å². The van der Waals surface area contributed by atoms with Crippen LogP contribution in [-0.2, 0) is 0 Å². The molecule has 0 heterocycles. The van der Waals surface area contributed by atoms with Crippen LogP contribution < -0.4 is 0 Å². The second-order valence-corrected chi connectivity index (χ2v) is 17.5. The van der Waals surface area contributed by atoms with Crippen LogP contribution in [0.1, 0.15) is 113 Å². The summed E-state index contributed by atoms with van der Waals surface area (Å²) in [7, 11) is 0. The van der Waals surface area contributed by atoms with E-state index in [2.05, 4.69) is 55.4 Å². The van der Waals surface area contributed by atoms with Crippen LogP contribution in [0.2, 0.25) is 0 Å². The average Bonchev–Trinajstić information content (AvgIpc) is 3.75. The molecule has 0 saturated heterocycles. The molecule has 18 atom stereocenters. The number of hydrogen-bond donors (Lipinski definition) is 0. The highest BCUT2D eigenvalue weighted by atomic mass is 15.0. The highest BCUT2D eigenvalue weighted by molar-refractivity contribution is 5.39. The first-order chi connectivity index (χ1) is 17.1. The Bertz CT molecular complexity index is 932. The Labute approximate surface area is 223 Å². The van der Waals surface area contributed by atoms with Crippen molar-refractivity contribution < 1.29 is 0 Å². The minimum Gasteiger partial charge on any atom is -0.0651 e. The molecule has 18 unspecified atom stereocenters. The van der Waals surface area contributed by atoms with Crippen molar-refractivity contribution in [2.24, 2.45) is 111 Å². The van der Waals surface area contributed by atoms with Crippen LogP contribution in [0.25, 0.3) is 0 Å². The molecule has 9 aliphatic rings. The largest absolute Gasteiger partial charge is 0.0651 e. The maximum atomic E-state index is 2.96. The third kappa shape index (κ3) is 2.41. The van der Waals surface area contributed by atoms with Crippen molar-refractivity contribution in [2.75, 3.05) is 0 Å². The lowest BCUT2D eigenvalue weighted by atomic mass is 9.43. The predicted octanol–water partition coefficient (Wildman–Crippen LogP) is 9.58. The molecule has 36 heavy (non-hydrogen) atoms. The molecule has 9 fully saturated rings. The van der Waals surface area contributed by atoms with Gasteiger partial charge in [-0.25, -0.2) is 0 Å². The summed E-state index contributed by atoms with van der Waals surface area (Å²) in [5.41, 5.74) is 2.16. The first-order valence-corrected chi connectivity index (χ1v) is 17.1. The normalized spacial score (nSPS) is 66.6. The van der Waals surface area contributed by atoms with E-state index in [9.17, 15) is 0 Å². The molecule has 0 nitrogen and oxygen atoms in total. The lowest BCUT2D eigenvalue weighted by molar-refractivity contribution is -0.139. The van der Waals surface area contributed by atoms with Gasteiger partial charge in [0.2, 0.25) is 0 Å². The molecule has 0 N–H and O–H groups in total. The molecular weight excluding hydrogens is 432 g/mol. The summed E-state index contributed by atoms with van der Waals surface area (Å²) in [6.07, 6.45) is 14.2. The zero-order chi connectivity index (χ0) is 25.1. The predicted molar refractivity (Wildman–Crippen MR) is 150 cm³/mol. The Balaban J connectivity index is 1.36. The minimum atomic E-state index is 0.653. The summed E-state index contributed by atoms with van der Waals surface area (Å²) in [6.45, 7) is 21.7. The summed E-state index contributed by atoms with van der Waals surface area (Å²) < 4.78 is 0. The van der Waals surface area contributed by atoms with Gasteiger partial charge < -0.3 is 0 Å². The maximum absolute atomic E-state index is 2.96. The molecule has 202 valence electrons. The van der Waals surface area contributed by atoms with Gasteiger partial charge in [-0.3, -0.25) is 0 Å². The topological polar surface area (TPSA) is 0 Å². The van der Waals surface area contributed by atoms with Crippen molar-refractivity contribution in [3.05, 3.63) is 0 Å². The van der Waals surface area contributed by atoms with Gasteiger partial charge in [0.25, 0.3) is 0 Å². The lowest BCUT2D eigenvalue weighted by Crippen LogP contribution is -2.56. The summed E-state index contributed by atoms with van der Waals surface area (Å²) in [6, 6.07) is 0. The highest BCUT2D eigenvalue weighted by Gasteiger charge is 2.92. The third-order valence-electron chi connectivity index (χ3n) is 17.2. The Morgan fingerprint density at radius 2 is 1.47 bits per heavy atom. The van der Waals surface area contributed by atoms with E-state index < -0.39 is 0 Å². The van der Waals surface area contributed by atoms with Gasteiger partial charge in [0.1, 0.15) is 0 Å². The molecule has 0 aliphatic heterocycles. The lowest BCUT2D eigenvalue weighted by Gasteiger charge is -2.62. The molecule has 9 aliphatic carbocycles. The van der Waals surface area contributed by atoms with Crippen molar-refractivity contribution >= 4 is 0 Å². The van der Waals surface area contributed by atoms with Crippen LogP contribution in [0.4, 0.5) is 0 Å². The van der Waals surface area contributed by atoms with Crippen molar-refractivity contribution in [1.82, 2.24) is 0 Å². The smallest absolute Gasteiger partial charge is 0.0167 e. The number of fused-ring (bicyclic) bond motifs is 3. The van der Waals surface area contributed by atoms with Gasteiger partial charge in [-0.2, -0.15) is 0 Å². The van der Waals surface area contributed by atoms with E-state index in [0.717, 1.165) is 100 Å². The summed E-state index contributed by atoms with van der Waals surface area (Å²) in [4.78, 5) is 0. The van der Waals surface area contributed by atoms with Gasteiger partial charge in [-0.1, -0.05) is 61.8 Å². The quantitative estimate of drug-likeness (QED) is 0.369. The molecule has 9 saturated carbocycles. The fraction of sp³-hybridized carbons (Fsp3) is 1.00. The molecule has 0 amide bonds. The van der Waals surface area contributed by atoms with E-state index in [0.29, 0.717) is 10.8 Å². The van der Waals surface area contributed by atoms with Gasteiger partial charge in [0, 0.05) is 0 Å². The van der Waals surface area contributed by atoms with Crippen LogP contribution in [-0.4, -0.2) is 0 Å². The monoisotopic (exact) mass is 490 g/mol. The summed E-state index contributed by atoms with van der Waals surface area (Å²) in [5, 5.41) is 0. The maximum Gasteiger partial charge on any atom is -0.0167 e. The van der Waals surface area contributed by atoms with Crippen LogP contribution in [0.5, 0.6) is 0 Å². The first-order valence-electron chi connectivity index (χ1n) is 17.1. The van der Waals surface area contributed by atoms with Crippen molar-refractivity contribution in [3.63, 3.8) is 0 Å². The summed E-state index contributed by atoms with van der Waals surface area (Å²) in [5.74, 6) is 16.5. The van der Waals surface area contributed by atoms with E-state index in [-0.39, 0.29) is 0 Å². The Hall–Kier alpha value is 0. The fourth-order valence-electron chi connectivity index (χ4n) is 15.4. The standard InChI is InChI=1S/C36H58/c1-9-19(4)30-26-13-12-25(26)27(18(2)3)16-24-11-10-23-15-28-20(5)14-29(34(23,8)35(24)17-21(35)6)33-31-22(7)36(31,33)32(28)30/h18-33H,9-17H2,1-8H3. The van der Waals surface area contributed by atoms with Gasteiger partial charge >= 0.3 is 0 Å². The number of hydrogen-bond acceptors (Lipinski definition) is 0. The van der Waals surface area contributed by atoms with E-state index in [1.54, 1.807) is 51.4 Å². The van der Waals surface area contributed by atoms with Crippen molar-refractivity contribution in [2.45, 2.75) is 113 Å². The molecule has 0 aromatic rings. The van der Waals surface area contributed by atoms with Crippen LogP contribution >= 0.6 is 0 Å². The molecule has 0 aromatic carbocycles. The van der Waals surface area contributed by atoms with E-state index in [1.807, 2.05) is 0 Å². The van der Waals surface area contributed by atoms with Crippen molar-refractivity contribution in [3.8, 4) is 0 Å². The molecule has 6 bridgehead atoms. The second-order valence-electron chi connectivity index (χ2n) is 17.5. The summed E-state index contributed by atoms with van der Waals surface area (Å²) >= 11 is 0. The minimum absolute atomic E-state index is 0.653. The van der Waals surface area contributed by atoms with Crippen LogP contribution in [0.3, 0.4) is 0 Å². The zero-order valence-corrected chi connectivity index (χ0v) is 25.1. The highest BCUT2D eigenvalue weighted by Crippen LogP contribution is 2.96. The van der Waals surface area contributed by atoms with E-state index in [1.165, 1.54) is 6.42 Å². The van der Waals surface area contributed by atoms with Gasteiger partial charge in [0.15, 0.2) is 0 Å². The van der Waals surface area contributed by atoms with E-state index >= 15 is 0 Å². The molecular formula is C36H58. The molecule has 0 aromatic heterocycles. The molecule has 0 heteroatoms. The molecule has 0 radical (unpaired) electrons. The van der Waals surface area contributed by atoms with Crippen LogP contribution in [0, 0.1) is 111 Å². The van der Waals surface area contributed by atoms with Crippen LogP contribution in [0.15, 0.2) is 0 Å². The average molecular weight is 491 g/mol. The molecule has 9 rings (SSSR count). The molecule has 2 spiro atoms. The second kappa shape index (κ2) is 7.19. The fourth-order valence-corrected chi connectivity index (χ4v) is 15.4. The van der Waals surface area contributed by atoms with Gasteiger partial charge in [-0.05, 0) is 162 Å². The van der Waals surface area contributed by atoms with E-state index in [4.69, 9.17) is 0 Å². The Morgan fingerprint density at radius 3 is 2.06 bits per heavy atom. The Morgan fingerprint density at radius 1 is 0.778 bits per heavy atom. The zero-order valence-electron chi connectivity index (χ0n) is 25.1.